The van der Waals surface area contributed by atoms with Gasteiger partial charge in [0.15, 0.2) is 5.78 Å². The fourth-order valence-electron chi connectivity index (χ4n) is 2.50. The fourth-order valence-corrected chi connectivity index (χ4v) is 2.73. The van der Waals surface area contributed by atoms with Crippen molar-refractivity contribution in [3.63, 3.8) is 0 Å². The Morgan fingerprint density at radius 3 is 2.29 bits per heavy atom. The van der Waals surface area contributed by atoms with Crippen molar-refractivity contribution in [1.29, 1.82) is 0 Å². The first-order chi connectivity index (χ1) is 13.5. The molecule has 0 spiro atoms. The van der Waals surface area contributed by atoms with Gasteiger partial charge in [0.1, 0.15) is 17.2 Å². The molecule has 2 aromatic rings. The normalized spacial score (nSPS) is 10.3. The molecule has 0 saturated carbocycles. The van der Waals surface area contributed by atoms with Gasteiger partial charge in [0, 0.05) is 30.5 Å². The molecule has 2 rings (SSSR count). The molecule has 0 radical (unpaired) electrons. The van der Waals surface area contributed by atoms with E-state index < -0.39 is 0 Å². The summed E-state index contributed by atoms with van der Waals surface area (Å²) in [7, 11) is 2.96. The topological polar surface area (TPSA) is 73.9 Å². The molecule has 0 heterocycles. The molecule has 6 nitrogen and oxygen atoms in total. The lowest BCUT2D eigenvalue weighted by molar-refractivity contribution is -0.116. The van der Waals surface area contributed by atoms with Crippen molar-refractivity contribution in [2.75, 3.05) is 26.1 Å². The van der Waals surface area contributed by atoms with Gasteiger partial charge >= 0.3 is 0 Å². The number of hydrogen-bond acceptors (Lipinski definition) is 5. The maximum Gasteiger partial charge on any atom is 0.224 e. The number of ether oxygens (including phenoxy) is 3. The van der Waals surface area contributed by atoms with Crippen LogP contribution in [0.2, 0.25) is 5.02 Å². The number of carbonyl (C=O) groups is 2. The molecule has 28 heavy (non-hydrogen) atoms. The summed E-state index contributed by atoms with van der Waals surface area (Å²) in [5, 5.41) is 3.10. The van der Waals surface area contributed by atoms with Crippen molar-refractivity contribution < 1.29 is 23.8 Å². The summed E-state index contributed by atoms with van der Waals surface area (Å²) in [6, 6.07) is 10.1. The van der Waals surface area contributed by atoms with E-state index in [1.807, 2.05) is 6.92 Å². The first kappa shape index (κ1) is 21.6. The van der Waals surface area contributed by atoms with E-state index in [-0.39, 0.29) is 24.5 Å². The van der Waals surface area contributed by atoms with E-state index in [9.17, 15) is 9.59 Å². The van der Waals surface area contributed by atoms with Crippen LogP contribution in [0.4, 0.5) is 5.69 Å². The Morgan fingerprint density at radius 2 is 1.68 bits per heavy atom. The second kappa shape index (κ2) is 10.6. The van der Waals surface area contributed by atoms with E-state index in [1.165, 1.54) is 14.2 Å². The van der Waals surface area contributed by atoms with Gasteiger partial charge in [0.05, 0.1) is 31.5 Å². The summed E-state index contributed by atoms with van der Waals surface area (Å²) >= 11 is 6.06. The first-order valence-corrected chi connectivity index (χ1v) is 9.33. The molecule has 150 valence electrons. The van der Waals surface area contributed by atoms with Crippen molar-refractivity contribution in [1.82, 2.24) is 0 Å². The van der Waals surface area contributed by atoms with Gasteiger partial charge in [0.2, 0.25) is 5.91 Å². The molecular weight excluding hydrogens is 382 g/mol. The number of rotatable bonds is 10. The monoisotopic (exact) mass is 405 g/mol. The molecule has 0 saturated heterocycles. The van der Waals surface area contributed by atoms with Crippen LogP contribution in [0.1, 0.15) is 36.5 Å². The van der Waals surface area contributed by atoms with Gasteiger partial charge in [-0.15, -0.1) is 0 Å². The number of benzene rings is 2. The molecule has 0 aromatic heterocycles. The van der Waals surface area contributed by atoms with E-state index in [1.54, 1.807) is 36.4 Å². The van der Waals surface area contributed by atoms with Crippen molar-refractivity contribution in [3.8, 4) is 17.2 Å². The van der Waals surface area contributed by atoms with Crippen LogP contribution < -0.4 is 19.5 Å². The van der Waals surface area contributed by atoms with Gasteiger partial charge in [-0.25, -0.2) is 0 Å². The minimum absolute atomic E-state index is 0.0427. The minimum atomic E-state index is -0.307. The number of anilines is 1. The molecule has 1 N–H and O–H groups in total. The fraction of sp³-hybridized carbons (Fsp3) is 0.333. The van der Waals surface area contributed by atoms with E-state index in [4.69, 9.17) is 25.8 Å². The van der Waals surface area contributed by atoms with Crippen LogP contribution in [0.5, 0.6) is 17.2 Å². The van der Waals surface area contributed by atoms with Crippen LogP contribution in [-0.4, -0.2) is 32.5 Å². The highest BCUT2D eigenvalue weighted by Gasteiger charge is 2.14. The lowest BCUT2D eigenvalue weighted by Gasteiger charge is -2.13. The molecule has 0 aliphatic rings. The highest BCUT2D eigenvalue weighted by Crippen LogP contribution is 2.35. The molecule has 7 heteroatoms. The smallest absolute Gasteiger partial charge is 0.224 e. The molecule has 2 aromatic carbocycles. The number of carbonyl (C=O) groups excluding carboxylic acids is 2. The first-order valence-electron chi connectivity index (χ1n) is 8.96. The number of amides is 1. The highest BCUT2D eigenvalue weighted by atomic mass is 35.5. The number of nitrogens with one attached hydrogen (secondary N) is 1. The van der Waals surface area contributed by atoms with Crippen molar-refractivity contribution in [2.45, 2.75) is 26.2 Å². The van der Waals surface area contributed by atoms with Crippen molar-refractivity contribution in [3.05, 3.63) is 47.0 Å². The predicted octanol–water partition coefficient (Wildman–Crippen LogP) is 4.75. The number of ketones is 1. The largest absolute Gasteiger partial charge is 0.495 e. The summed E-state index contributed by atoms with van der Waals surface area (Å²) in [6.45, 7) is 2.66. The zero-order chi connectivity index (χ0) is 20.5. The number of methoxy groups -OCH3 is 2. The molecule has 0 aliphatic heterocycles. The molecular formula is C21H24ClNO5. The summed E-state index contributed by atoms with van der Waals surface area (Å²) in [4.78, 5) is 24.6. The number of Topliss-reactive ketones (excluding diaryl/α,β-unsaturated/α-hetero) is 1. The Balaban J connectivity index is 1.94. The van der Waals surface area contributed by atoms with Crippen LogP contribution in [0.3, 0.4) is 0 Å². The Labute approximate surface area is 169 Å². The van der Waals surface area contributed by atoms with Gasteiger partial charge in [-0.2, -0.15) is 0 Å². The van der Waals surface area contributed by atoms with Gasteiger partial charge in [-0.1, -0.05) is 18.5 Å². The zero-order valence-electron chi connectivity index (χ0n) is 16.2. The molecule has 0 atom stereocenters. The van der Waals surface area contributed by atoms with Gasteiger partial charge < -0.3 is 19.5 Å². The molecule has 0 unspecified atom stereocenters. The zero-order valence-corrected chi connectivity index (χ0v) is 17.0. The maximum atomic E-state index is 12.3. The van der Waals surface area contributed by atoms with E-state index in [0.717, 1.165) is 12.2 Å². The molecule has 1 amide bonds. The van der Waals surface area contributed by atoms with E-state index in [0.29, 0.717) is 34.4 Å². The second-order valence-corrected chi connectivity index (χ2v) is 6.44. The summed E-state index contributed by atoms with van der Waals surface area (Å²) in [6.07, 6.45) is 1.05. The predicted molar refractivity (Wildman–Crippen MR) is 109 cm³/mol. The average Bonchev–Trinajstić information content (AvgIpc) is 2.71. The van der Waals surface area contributed by atoms with Crippen LogP contribution in [-0.2, 0) is 4.79 Å². The molecule has 0 bridgehead atoms. The third-order valence-corrected chi connectivity index (χ3v) is 4.27. The molecule has 0 aliphatic carbocycles. The van der Waals surface area contributed by atoms with E-state index in [2.05, 4.69) is 5.32 Å². The van der Waals surface area contributed by atoms with E-state index >= 15 is 0 Å². The van der Waals surface area contributed by atoms with Crippen LogP contribution in [0, 0.1) is 0 Å². The third kappa shape index (κ3) is 5.89. The van der Waals surface area contributed by atoms with Gasteiger partial charge in [-0.3, -0.25) is 9.59 Å². The minimum Gasteiger partial charge on any atom is -0.495 e. The SMILES string of the molecule is CCCOc1ccc(C(=O)CCC(=O)Nc2cc(OC)c(Cl)cc2OC)cc1. The second-order valence-electron chi connectivity index (χ2n) is 6.03. The Bertz CT molecular complexity index is 820. The Hall–Kier alpha value is -2.73. The summed E-state index contributed by atoms with van der Waals surface area (Å²) in [5.41, 5.74) is 0.973. The lowest BCUT2D eigenvalue weighted by Crippen LogP contribution is -2.14. The Morgan fingerprint density at radius 1 is 1.00 bits per heavy atom. The maximum absolute atomic E-state index is 12.3. The summed E-state index contributed by atoms with van der Waals surface area (Å²) in [5.74, 6) is 1.13. The average molecular weight is 406 g/mol. The third-order valence-electron chi connectivity index (χ3n) is 3.98. The highest BCUT2D eigenvalue weighted by molar-refractivity contribution is 6.32. The quantitative estimate of drug-likeness (QED) is 0.577. The van der Waals surface area contributed by atoms with Crippen LogP contribution >= 0.6 is 11.6 Å². The van der Waals surface area contributed by atoms with Crippen LogP contribution in [0.15, 0.2) is 36.4 Å². The standard InChI is InChI=1S/C21H24ClNO5/c1-4-11-28-15-7-5-14(6-8-15)18(24)9-10-21(25)23-17-13-19(26-2)16(22)12-20(17)27-3/h5-8,12-13H,4,9-11H2,1-3H3,(H,23,25). The van der Waals surface area contributed by atoms with Crippen molar-refractivity contribution in [2.24, 2.45) is 0 Å². The van der Waals surface area contributed by atoms with Gasteiger partial charge in [-0.05, 0) is 30.7 Å². The van der Waals surface area contributed by atoms with Crippen LogP contribution in [0.25, 0.3) is 0 Å². The number of hydrogen-bond donors (Lipinski definition) is 1. The lowest BCUT2D eigenvalue weighted by atomic mass is 10.1. The molecule has 0 fully saturated rings. The Kier molecular flexibility index (Phi) is 8.14. The summed E-state index contributed by atoms with van der Waals surface area (Å²) < 4.78 is 15.9. The number of halogens is 1. The van der Waals surface area contributed by atoms with Gasteiger partial charge in [0.25, 0.3) is 0 Å². The van der Waals surface area contributed by atoms with Crippen molar-refractivity contribution >= 4 is 29.0 Å².